The summed E-state index contributed by atoms with van der Waals surface area (Å²) >= 11 is 1.27. The van der Waals surface area contributed by atoms with E-state index in [1.54, 1.807) is 5.38 Å². The Morgan fingerprint density at radius 3 is 2.77 bits per heavy atom. The summed E-state index contributed by atoms with van der Waals surface area (Å²) in [7, 11) is 0. The van der Waals surface area contributed by atoms with Crippen molar-refractivity contribution >= 4 is 29.2 Å². The molecule has 2 aliphatic rings. The molecule has 10 heteroatoms. The molecule has 4 rings (SSSR count). The molecule has 1 aliphatic carbocycles. The Morgan fingerprint density at radius 2 is 1.93 bits per heavy atom. The monoisotopic (exact) mass is 430 g/mol. The van der Waals surface area contributed by atoms with Gasteiger partial charge in [-0.1, -0.05) is 24.3 Å². The van der Waals surface area contributed by atoms with Gasteiger partial charge in [0.1, 0.15) is 18.1 Å². The second kappa shape index (κ2) is 8.62. The molecule has 2 heterocycles. The van der Waals surface area contributed by atoms with Gasteiger partial charge in [0.25, 0.3) is 5.91 Å². The van der Waals surface area contributed by atoms with E-state index in [0.29, 0.717) is 36.0 Å². The summed E-state index contributed by atoms with van der Waals surface area (Å²) < 4.78 is 11.1. The van der Waals surface area contributed by atoms with Crippen molar-refractivity contribution in [2.75, 3.05) is 19.8 Å². The molecule has 0 spiro atoms. The minimum Gasteiger partial charge on any atom is -0.485 e. The number of nitrogens with one attached hydrogen (secondary N) is 3. The van der Waals surface area contributed by atoms with Crippen LogP contribution in [0.3, 0.4) is 0 Å². The maximum atomic E-state index is 13.0. The fourth-order valence-electron chi connectivity index (χ4n) is 3.71. The normalized spacial score (nSPS) is 18.9. The molecule has 0 radical (unpaired) electrons. The SMILES string of the molecule is NC(=O)NCCC(=O)N[C@@H]1Cc2ccccc2[C@H]1NC(=O)c1scc2c1OCCO2. The molecular weight excluding hydrogens is 408 g/mol. The van der Waals surface area contributed by atoms with Crippen molar-refractivity contribution in [1.82, 2.24) is 16.0 Å². The molecule has 0 bridgehead atoms. The van der Waals surface area contributed by atoms with Crippen molar-refractivity contribution in [1.29, 1.82) is 0 Å². The van der Waals surface area contributed by atoms with Crippen LogP contribution in [0.4, 0.5) is 4.79 Å². The van der Waals surface area contributed by atoms with Crippen LogP contribution in [-0.4, -0.2) is 43.6 Å². The number of thiophene rings is 1. The molecule has 0 unspecified atom stereocenters. The quantitative estimate of drug-likeness (QED) is 0.545. The Morgan fingerprint density at radius 1 is 1.13 bits per heavy atom. The molecule has 0 fully saturated rings. The number of benzene rings is 1. The number of hydrogen-bond donors (Lipinski definition) is 4. The lowest BCUT2D eigenvalue weighted by Gasteiger charge is -2.23. The van der Waals surface area contributed by atoms with Crippen LogP contribution in [0.25, 0.3) is 0 Å². The van der Waals surface area contributed by atoms with E-state index in [9.17, 15) is 14.4 Å². The van der Waals surface area contributed by atoms with Crippen molar-refractivity contribution in [2.45, 2.75) is 24.9 Å². The summed E-state index contributed by atoms with van der Waals surface area (Å²) in [5, 5.41) is 10.2. The third-order valence-corrected chi connectivity index (χ3v) is 5.96. The molecule has 1 aromatic heterocycles. The van der Waals surface area contributed by atoms with Gasteiger partial charge in [-0.2, -0.15) is 0 Å². The van der Waals surface area contributed by atoms with Crippen LogP contribution in [0.15, 0.2) is 29.6 Å². The summed E-state index contributed by atoms with van der Waals surface area (Å²) in [5.41, 5.74) is 7.06. The number of fused-ring (bicyclic) bond motifs is 2. The first-order chi connectivity index (χ1) is 14.5. The highest BCUT2D eigenvalue weighted by Crippen LogP contribution is 2.40. The van der Waals surface area contributed by atoms with E-state index in [1.165, 1.54) is 11.3 Å². The van der Waals surface area contributed by atoms with Gasteiger partial charge in [-0.3, -0.25) is 9.59 Å². The number of rotatable bonds is 6. The van der Waals surface area contributed by atoms with E-state index in [0.717, 1.165) is 11.1 Å². The Labute approximate surface area is 176 Å². The molecule has 4 amide bonds. The first kappa shape index (κ1) is 20.0. The van der Waals surface area contributed by atoms with Crippen molar-refractivity contribution in [3.05, 3.63) is 45.6 Å². The van der Waals surface area contributed by atoms with Gasteiger partial charge in [0.2, 0.25) is 5.91 Å². The summed E-state index contributed by atoms with van der Waals surface area (Å²) in [5.74, 6) is 0.539. The van der Waals surface area contributed by atoms with Crippen molar-refractivity contribution < 1.29 is 23.9 Å². The number of carbonyl (C=O) groups excluding carboxylic acids is 3. The number of carbonyl (C=O) groups is 3. The molecule has 158 valence electrons. The number of nitrogens with two attached hydrogens (primary N) is 1. The molecule has 0 saturated heterocycles. The Bertz CT molecular complexity index is 976. The molecule has 9 nitrogen and oxygen atoms in total. The largest absolute Gasteiger partial charge is 0.485 e. The fraction of sp³-hybridized carbons (Fsp3) is 0.350. The Hall–Kier alpha value is -3.27. The van der Waals surface area contributed by atoms with Gasteiger partial charge in [0, 0.05) is 18.3 Å². The standard InChI is InChI=1S/C20H22N4O5S/c21-20(27)22-6-5-15(25)23-13-9-11-3-1-2-4-12(11)16(13)24-19(26)18-17-14(10-30-18)28-7-8-29-17/h1-4,10,13,16H,5-9H2,(H,23,25)(H,24,26)(H3,21,22,27)/t13-,16-/m1/s1. The van der Waals surface area contributed by atoms with Gasteiger partial charge < -0.3 is 31.2 Å². The van der Waals surface area contributed by atoms with Crippen molar-refractivity contribution in [3.8, 4) is 11.5 Å². The number of amides is 4. The predicted octanol–water partition coefficient (Wildman–Crippen LogP) is 1.09. The zero-order valence-corrected chi connectivity index (χ0v) is 16.9. The molecule has 2 atom stereocenters. The number of primary amides is 1. The fourth-order valence-corrected chi connectivity index (χ4v) is 4.54. The van der Waals surface area contributed by atoms with Crippen molar-refractivity contribution in [2.24, 2.45) is 5.73 Å². The molecule has 5 N–H and O–H groups in total. The van der Waals surface area contributed by atoms with Crippen LogP contribution in [0.5, 0.6) is 11.5 Å². The van der Waals surface area contributed by atoms with E-state index in [-0.39, 0.29) is 36.9 Å². The second-order valence-corrected chi connectivity index (χ2v) is 7.90. The zero-order valence-electron chi connectivity index (χ0n) is 16.1. The highest BCUT2D eigenvalue weighted by molar-refractivity contribution is 7.12. The average Bonchev–Trinajstić information content (AvgIpc) is 3.29. The predicted molar refractivity (Wildman–Crippen MR) is 110 cm³/mol. The summed E-state index contributed by atoms with van der Waals surface area (Å²) in [6.45, 7) is 1.00. The molecule has 0 saturated carbocycles. The van der Waals surface area contributed by atoms with Gasteiger partial charge in [-0.15, -0.1) is 11.3 Å². The lowest BCUT2D eigenvalue weighted by molar-refractivity contribution is -0.121. The van der Waals surface area contributed by atoms with Gasteiger partial charge in [-0.25, -0.2) is 4.79 Å². The molecule has 2 aromatic rings. The Balaban J connectivity index is 1.48. The van der Waals surface area contributed by atoms with Crippen LogP contribution >= 0.6 is 11.3 Å². The smallest absolute Gasteiger partial charge is 0.312 e. The second-order valence-electron chi connectivity index (χ2n) is 7.02. The van der Waals surface area contributed by atoms with E-state index >= 15 is 0 Å². The Kier molecular flexibility index (Phi) is 5.75. The number of hydrogen-bond acceptors (Lipinski definition) is 6. The van der Waals surface area contributed by atoms with Gasteiger partial charge in [0.15, 0.2) is 11.5 Å². The maximum Gasteiger partial charge on any atom is 0.312 e. The van der Waals surface area contributed by atoms with E-state index < -0.39 is 6.03 Å². The van der Waals surface area contributed by atoms with E-state index in [4.69, 9.17) is 15.2 Å². The summed E-state index contributed by atoms with van der Waals surface area (Å²) in [6, 6.07) is 6.41. The van der Waals surface area contributed by atoms with Crippen molar-refractivity contribution in [3.63, 3.8) is 0 Å². The molecule has 1 aliphatic heterocycles. The molecular formula is C20H22N4O5S. The number of urea groups is 1. The maximum absolute atomic E-state index is 13.0. The number of ether oxygens (including phenoxy) is 2. The first-order valence-electron chi connectivity index (χ1n) is 9.61. The lowest BCUT2D eigenvalue weighted by Crippen LogP contribution is -2.45. The van der Waals surface area contributed by atoms with Crippen LogP contribution in [0, 0.1) is 0 Å². The van der Waals surface area contributed by atoms with Gasteiger partial charge in [0.05, 0.1) is 12.1 Å². The van der Waals surface area contributed by atoms with Crippen LogP contribution in [0.2, 0.25) is 0 Å². The highest BCUT2D eigenvalue weighted by atomic mass is 32.1. The molecule has 1 aromatic carbocycles. The van der Waals surface area contributed by atoms with Crippen LogP contribution in [0.1, 0.15) is 33.3 Å². The summed E-state index contributed by atoms with van der Waals surface area (Å²) in [4.78, 5) is 36.6. The van der Waals surface area contributed by atoms with E-state index in [2.05, 4.69) is 16.0 Å². The zero-order chi connectivity index (χ0) is 21.1. The summed E-state index contributed by atoms with van der Waals surface area (Å²) in [6.07, 6.45) is 0.693. The van der Waals surface area contributed by atoms with E-state index in [1.807, 2.05) is 24.3 Å². The van der Waals surface area contributed by atoms with Gasteiger partial charge >= 0.3 is 6.03 Å². The third-order valence-electron chi connectivity index (χ3n) is 5.02. The average molecular weight is 430 g/mol. The first-order valence-corrected chi connectivity index (χ1v) is 10.5. The topological polar surface area (TPSA) is 132 Å². The van der Waals surface area contributed by atoms with Crippen LogP contribution < -0.4 is 31.2 Å². The molecule has 30 heavy (non-hydrogen) atoms. The third kappa shape index (κ3) is 4.18. The van der Waals surface area contributed by atoms with Gasteiger partial charge in [-0.05, 0) is 17.5 Å². The van der Waals surface area contributed by atoms with Crippen LogP contribution in [-0.2, 0) is 11.2 Å². The highest BCUT2D eigenvalue weighted by Gasteiger charge is 2.35. The lowest BCUT2D eigenvalue weighted by atomic mass is 10.1. The minimum atomic E-state index is -0.674. The minimum absolute atomic E-state index is 0.0973.